The first-order chi connectivity index (χ1) is 14.5. The van der Waals surface area contributed by atoms with Crippen molar-refractivity contribution in [3.63, 3.8) is 0 Å². The number of rotatable bonds is 6. The second kappa shape index (κ2) is 8.85. The molecule has 4 rings (SSSR count). The number of hydrogen-bond donors (Lipinski definition) is 1. The van der Waals surface area contributed by atoms with Gasteiger partial charge in [-0.2, -0.15) is 0 Å². The molecule has 1 amide bonds. The van der Waals surface area contributed by atoms with Crippen molar-refractivity contribution in [3.8, 4) is 5.69 Å². The maximum atomic E-state index is 13.2. The summed E-state index contributed by atoms with van der Waals surface area (Å²) in [6.45, 7) is 4.26. The van der Waals surface area contributed by atoms with Crippen molar-refractivity contribution < 1.29 is 4.79 Å². The van der Waals surface area contributed by atoms with Gasteiger partial charge in [0.2, 0.25) is 5.91 Å². The SMILES string of the molecule is Cc1ccccc1-n1c(SC(C)C(=O)NCc2ccccc2)nc2sccc2c1=O. The fourth-order valence-electron chi connectivity index (χ4n) is 3.14. The van der Waals surface area contributed by atoms with E-state index in [-0.39, 0.29) is 11.5 Å². The number of hydrogen-bond acceptors (Lipinski definition) is 5. The van der Waals surface area contributed by atoms with Gasteiger partial charge in [-0.3, -0.25) is 14.2 Å². The van der Waals surface area contributed by atoms with Crippen molar-refractivity contribution in [2.45, 2.75) is 30.8 Å². The van der Waals surface area contributed by atoms with Crippen LogP contribution in [0.3, 0.4) is 0 Å². The lowest BCUT2D eigenvalue weighted by molar-refractivity contribution is -0.120. The van der Waals surface area contributed by atoms with Crippen molar-refractivity contribution in [2.75, 3.05) is 0 Å². The fraction of sp³-hybridized carbons (Fsp3) is 0.174. The number of fused-ring (bicyclic) bond motifs is 1. The number of aromatic nitrogens is 2. The van der Waals surface area contributed by atoms with E-state index in [1.54, 1.807) is 10.6 Å². The van der Waals surface area contributed by atoms with E-state index in [1.165, 1.54) is 23.1 Å². The van der Waals surface area contributed by atoms with Gasteiger partial charge in [-0.1, -0.05) is 60.3 Å². The van der Waals surface area contributed by atoms with E-state index in [2.05, 4.69) is 5.32 Å². The lowest BCUT2D eigenvalue weighted by Crippen LogP contribution is -2.31. The van der Waals surface area contributed by atoms with Gasteiger partial charge < -0.3 is 5.32 Å². The summed E-state index contributed by atoms with van der Waals surface area (Å²) >= 11 is 2.72. The molecule has 0 aliphatic heterocycles. The number of benzene rings is 2. The molecule has 4 aromatic rings. The molecule has 152 valence electrons. The van der Waals surface area contributed by atoms with E-state index in [0.29, 0.717) is 21.9 Å². The standard InChI is InChI=1S/C23H21N3O2S2/c1-15-8-6-7-11-19(15)26-22(28)18-12-13-29-21(18)25-23(26)30-16(2)20(27)24-14-17-9-4-3-5-10-17/h3-13,16H,14H2,1-2H3,(H,24,27). The summed E-state index contributed by atoms with van der Waals surface area (Å²) in [5.74, 6) is -0.0966. The van der Waals surface area contributed by atoms with Crippen LogP contribution < -0.4 is 10.9 Å². The topological polar surface area (TPSA) is 64.0 Å². The molecule has 1 atom stereocenters. The monoisotopic (exact) mass is 435 g/mol. The Morgan fingerprint density at radius 2 is 1.87 bits per heavy atom. The van der Waals surface area contributed by atoms with Crippen LogP contribution in [0.2, 0.25) is 0 Å². The Balaban J connectivity index is 1.64. The minimum Gasteiger partial charge on any atom is -0.351 e. The molecule has 0 radical (unpaired) electrons. The number of carbonyl (C=O) groups is 1. The summed E-state index contributed by atoms with van der Waals surface area (Å²) in [7, 11) is 0. The fourth-order valence-corrected chi connectivity index (χ4v) is 4.89. The second-order valence-corrected chi connectivity index (χ2v) is 9.13. The smallest absolute Gasteiger partial charge is 0.267 e. The van der Waals surface area contributed by atoms with Gasteiger partial charge in [-0.05, 0) is 42.5 Å². The summed E-state index contributed by atoms with van der Waals surface area (Å²) in [5.41, 5.74) is 2.68. The lowest BCUT2D eigenvalue weighted by Gasteiger charge is -2.17. The quantitative estimate of drug-likeness (QED) is 0.356. The molecule has 5 nitrogen and oxygen atoms in total. The highest BCUT2D eigenvalue weighted by Gasteiger charge is 2.21. The van der Waals surface area contributed by atoms with E-state index >= 15 is 0 Å². The Labute approximate surface area is 182 Å². The van der Waals surface area contributed by atoms with Crippen molar-refractivity contribution in [2.24, 2.45) is 0 Å². The van der Waals surface area contributed by atoms with Crippen LogP contribution in [0.1, 0.15) is 18.1 Å². The Morgan fingerprint density at radius 3 is 2.63 bits per heavy atom. The van der Waals surface area contributed by atoms with Gasteiger partial charge in [-0.25, -0.2) is 4.98 Å². The third-order valence-corrected chi connectivity index (χ3v) is 6.64. The molecule has 0 aliphatic rings. The van der Waals surface area contributed by atoms with E-state index in [1.807, 2.05) is 73.8 Å². The zero-order chi connectivity index (χ0) is 21.1. The van der Waals surface area contributed by atoms with Crippen LogP contribution in [0.4, 0.5) is 0 Å². The van der Waals surface area contributed by atoms with Crippen LogP contribution in [-0.4, -0.2) is 20.7 Å². The van der Waals surface area contributed by atoms with Gasteiger partial charge in [0.15, 0.2) is 5.16 Å². The molecule has 2 aromatic carbocycles. The maximum Gasteiger partial charge on any atom is 0.267 e. The van der Waals surface area contributed by atoms with Crippen LogP contribution >= 0.6 is 23.1 Å². The summed E-state index contributed by atoms with van der Waals surface area (Å²) < 4.78 is 1.62. The molecule has 0 fully saturated rings. The molecule has 0 saturated carbocycles. The first-order valence-electron chi connectivity index (χ1n) is 9.59. The molecule has 2 aromatic heterocycles. The maximum absolute atomic E-state index is 13.2. The van der Waals surface area contributed by atoms with E-state index in [0.717, 1.165) is 16.8 Å². The van der Waals surface area contributed by atoms with Crippen LogP contribution in [0.5, 0.6) is 0 Å². The Kier molecular flexibility index (Phi) is 6.01. The van der Waals surface area contributed by atoms with Gasteiger partial charge in [0.1, 0.15) is 4.83 Å². The molecule has 7 heteroatoms. The Hall–Kier alpha value is -2.90. The number of thiophene rings is 1. The van der Waals surface area contributed by atoms with E-state index in [9.17, 15) is 9.59 Å². The van der Waals surface area contributed by atoms with Crippen LogP contribution in [-0.2, 0) is 11.3 Å². The first-order valence-corrected chi connectivity index (χ1v) is 11.3. The largest absolute Gasteiger partial charge is 0.351 e. The molecule has 1 unspecified atom stereocenters. The zero-order valence-corrected chi connectivity index (χ0v) is 18.3. The highest BCUT2D eigenvalue weighted by molar-refractivity contribution is 8.00. The van der Waals surface area contributed by atoms with Crippen LogP contribution in [0.15, 0.2) is 76.0 Å². The average molecular weight is 436 g/mol. The minimum absolute atomic E-state index is 0.0966. The van der Waals surface area contributed by atoms with Crippen LogP contribution in [0.25, 0.3) is 15.9 Å². The molecule has 0 bridgehead atoms. The van der Waals surface area contributed by atoms with Gasteiger partial charge in [-0.15, -0.1) is 11.3 Å². The third-order valence-electron chi connectivity index (χ3n) is 4.78. The van der Waals surface area contributed by atoms with Crippen molar-refractivity contribution >= 4 is 39.2 Å². The highest BCUT2D eigenvalue weighted by Crippen LogP contribution is 2.27. The molecule has 0 spiro atoms. The molecule has 0 aliphatic carbocycles. The number of thioether (sulfide) groups is 1. The number of nitrogens with zero attached hydrogens (tertiary/aromatic N) is 2. The normalized spacial score (nSPS) is 12.1. The summed E-state index contributed by atoms with van der Waals surface area (Å²) in [6.07, 6.45) is 0. The molecule has 1 N–H and O–H groups in total. The molecule has 2 heterocycles. The van der Waals surface area contributed by atoms with Gasteiger partial charge in [0, 0.05) is 6.54 Å². The summed E-state index contributed by atoms with van der Waals surface area (Å²) in [5, 5.41) is 5.53. The summed E-state index contributed by atoms with van der Waals surface area (Å²) in [4.78, 5) is 31.3. The van der Waals surface area contributed by atoms with E-state index < -0.39 is 5.25 Å². The summed E-state index contributed by atoms with van der Waals surface area (Å²) in [6, 6.07) is 19.3. The molecule has 0 saturated heterocycles. The minimum atomic E-state index is -0.409. The third kappa shape index (κ3) is 4.17. The number of para-hydroxylation sites is 1. The van der Waals surface area contributed by atoms with Crippen molar-refractivity contribution in [3.05, 3.63) is 87.5 Å². The predicted octanol–water partition coefficient (Wildman–Crippen LogP) is 4.55. The van der Waals surface area contributed by atoms with Crippen molar-refractivity contribution in [1.29, 1.82) is 0 Å². The number of amides is 1. The molecular weight excluding hydrogens is 414 g/mol. The molecular formula is C23H21N3O2S2. The number of aryl methyl sites for hydroxylation is 1. The number of carbonyl (C=O) groups excluding carboxylic acids is 1. The lowest BCUT2D eigenvalue weighted by atomic mass is 10.2. The second-order valence-electron chi connectivity index (χ2n) is 6.92. The highest BCUT2D eigenvalue weighted by atomic mass is 32.2. The van der Waals surface area contributed by atoms with Gasteiger partial charge in [0.05, 0.1) is 16.3 Å². The predicted molar refractivity (Wildman–Crippen MR) is 124 cm³/mol. The first kappa shape index (κ1) is 20.4. The van der Waals surface area contributed by atoms with Crippen molar-refractivity contribution in [1.82, 2.24) is 14.9 Å². The number of nitrogens with one attached hydrogen (secondary N) is 1. The van der Waals surface area contributed by atoms with Gasteiger partial charge in [0.25, 0.3) is 5.56 Å². The van der Waals surface area contributed by atoms with E-state index in [4.69, 9.17) is 4.98 Å². The van der Waals surface area contributed by atoms with Gasteiger partial charge >= 0.3 is 0 Å². The Bertz CT molecular complexity index is 1250. The zero-order valence-electron chi connectivity index (χ0n) is 16.7. The Morgan fingerprint density at radius 1 is 1.13 bits per heavy atom. The van der Waals surface area contributed by atoms with Crippen LogP contribution in [0, 0.1) is 6.92 Å². The average Bonchev–Trinajstić information content (AvgIpc) is 3.23. The molecule has 30 heavy (non-hydrogen) atoms.